The van der Waals surface area contributed by atoms with E-state index in [1.807, 2.05) is 12.2 Å². The van der Waals surface area contributed by atoms with Crippen molar-refractivity contribution in [3.63, 3.8) is 0 Å². The van der Waals surface area contributed by atoms with Gasteiger partial charge in [0.05, 0.1) is 0 Å². The molecular formula is C6H8BrCl3. The summed E-state index contributed by atoms with van der Waals surface area (Å²) in [7, 11) is 0. The first-order chi connectivity index (χ1) is 4.56. The van der Waals surface area contributed by atoms with Gasteiger partial charge >= 0.3 is 0 Å². The second kappa shape index (κ2) is 5.70. The Labute approximate surface area is 84.7 Å². The Morgan fingerprint density at radius 2 is 1.80 bits per heavy atom. The monoisotopic (exact) mass is 264 g/mol. The van der Waals surface area contributed by atoms with Crippen molar-refractivity contribution in [3.8, 4) is 0 Å². The van der Waals surface area contributed by atoms with Crippen LogP contribution in [0.25, 0.3) is 0 Å². The van der Waals surface area contributed by atoms with Gasteiger partial charge in [0, 0.05) is 11.8 Å². The molecule has 0 aliphatic rings. The van der Waals surface area contributed by atoms with Crippen LogP contribution >= 0.6 is 50.7 Å². The Morgan fingerprint density at radius 1 is 1.20 bits per heavy atom. The molecule has 4 heteroatoms. The normalized spacial score (nSPS) is 12.8. The maximum Gasteiger partial charge on any atom is 0.194 e. The van der Waals surface area contributed by atoms with Crippen LogP contribution in [0.1, 0.15) is 12.8 Å². The first kappa shape index (κ1) is 11.1. The Balaban J connectivity index is 3.34. The predicted molar refractivity (Wildman–Crippen MR) is 52.5 cm³/mol. The van der Waals surface area contributed by atoms with E-state index < -0.39 is 3.79 Å². The van der Waals surface area contributed by atoms with E-state index in [-0.39, 0.29) is 0 Å². The molecule has 0 amide bonds. The molecule has 60 valence electrons. The average molecular weight is 266 g/mol. The summed E-state index contributed by atoms with van der Waals surface area (Å²) in [6, 6.07) is 0. The quantitative estimate of drug-likeness (QED) is 0.533. The summed E-state index contributed by atoms with van der Waals surface area (Å²) in [4.78, 5) is 0. The molecule has 0 unspecified atom stereocenters. The van der Waals surface area contributed by atoms with Gasteiger partial charge in [-0.05, 0) is 6.42 Å². The standard InChI is InChI=1S/C6H8BrCl3/c7-5-3-1-2-4-6(8,9)10/h1-2H,3-5H2. The first-order valence-corrected chi connectivity index (χ1v) is 5.09. The smallest absolute Gasteiger partial charge is 0.0925 e. The molecule has 0 N–H and O–H groups in total. The molecule has 0 bridgehead atoms. The number of halogens is 4. The zero-order valence-electron chi connectivity index (χ0n) is 5.29. The van der Waals surface area contributed by atoms with E-state index in [1.54, 1.807) is 0 Å². The van der Waals surface area contributed by atoms with Gasteiger partial charge in [0.25, 0.3) is 0 Å². The lowest BCUT2D eigenvalue weighted by atomic mass is 10.3. The van der Waals surface area contributed by atoms with E-state index in [1.165, 1.54) is 0 Å². The average Bonchev–Trinajstić information content (AvgIpc) is 1.78. The van der Waals surface area contributed by atoms with Crippen molar-refractivity contribution >= 4 is 50.7 Å². The topological polar surface area (TPSA) is 0 Å². The van der Waals surface area contributed by atoms with Gasteiger partial charge < -0.3 is 0 Å². The lowest BCUT2D eigenvalue weighted by Crippen LogP contribution is -1.97. The summed E-state index contributed by atoms with van der Waals surface area (Å²) in [5, 5.41) is 0.948. The highest BCUT2D eigenvalue weighted by Crippen LogP contribution is 2.30. The van der Waals surface area contributed by atoms with Crippen LogP contribution in [-0.2, 0) is 0 Å². The van der Waals surface area contributed by atoms with E-state index in [2.05, 4.69) is 15.9 Å². The molecule has 0 aromatic heterocycles. The van der Waals surface area contributed by atoms with Crippen LogP contribution in [0, 0.1) is 0 Å². The summed E-state index contributed by atoms with van der Waals surface area (Å²) in [6.07, 6.45) is 5.30. The lowest BCUT2D eigenvalue weighted by molar-refractivity contribution is 1.06. The molecule has 0 nitrogen and oxygen atoms in total. The summed E-state index contributed by atoms with van der Waals surface area (Å²) in [6.45, 7) is 0. The fraction of sp³-hybridized carbons (Fsp3) is 0.667. The van der Waals surface area contributed by atoms with Gasteiger partial charge in [-0.15, -0.1) is 0 Å². The first-order valence-electron chi connectivity index (χ1n) is 2.84. The fourth-order valence-electron chi connectivity index (χ4n) is 0.398. The van der Waals surface area contributed by atoms with Crippen molar-refractivity contribution in [2.24, 2.45) is 0 Å². The van der Waals surface area contributed by atoms with E-state index >= 15 is 0 Å². The van der Waals surface area contributed by atoms with Gasteiger partial charge in [0.15, 0.2) is 3.79 Å². The third kappa shape index (κ3) is 9.09. The van der Waals surface area contributed by atoms with Gasteiger partial charge in [0.2, 0.25) is 0 Å². The van der Waals surface area contributed by atoms with Crippen molar-refractivity contribution in [2.45, 2.75) is 16.6 Å². The summed E-state index contributed by atoms with van der Waals surface area (Å²) in [5.74, 6) is 0. The summed E-state index contributed by atoms with van der Waals surface area (Å²) >= 11 is 19.7. The number of allylic oxidation sites excluding steroid dienone is 2. The fourth-order valence-corrected chi connectivity index (χ4v) is 0.929. The maximum atomic E-state index is 5.48. The van der Waals surface area contributed by atoms with Crippen molar-refractivity contribution in [3.05, 3.63) is 12.2 Å². The van der Waals surface area contributed by atoms with Crippen LogP contribution in [0.4, 0.5) is 0 Å². The number of hydrogen-bond donors (Lipinski definition) is 0. The van der Waals surface area contributed by atoms with Gasteiger partial charge in [-0.2, -0.15) is 0 Å². The van der Waals surface area contributed by atoms with Crippen molar-refractivity contribution in [2.75, 3.05) is 5.33 Å². The highest BCUT2D eigenvalue weighted by molar-refractivity contribution is 9.09. The minimum atomic E-state index is -1.14. The second-order valence-electron chi connectivity index (χ2n) is 1.77. The van der Waals surface area contributed by atoms with Crippen LogP contribution in [0.15, 0.2) is 12.2 Å². The zero-order chi connectivity index (χ0) is 8.04. The molecule has 0 atom stereocenters. The number of hydrogen-bond acceptors (Lipinski definition) is 0. The van der Waals surface area contributed by atoms with E-state index in [0.29, 0.717) is 6.42 Å². The van der Waals surface area contributed by atoms with Gasteiger partial charge in [-0.1, -0.05) is 62.9 Å². The highest BCUT2D eigenvalue weighted by Gasteiger charge is 2.16. The molecule has 0 saturated heterocycles. The molecule has 0 rings (SSSR count). The van der Waals surface area contributed by atoms with Gasteiger partial charge in [-0.3, -0.25) is 0 Å². The molecular weight excluding hydrogens is 258 g/mol. The van der Waals surface area contributed by atoms with Crippen LogP contribution < -0.4 is 0 Å². The van der Waals surface area contributed by atoms with Crippen LogP contribution in [0.2, 0.25) is 0 Å². The maximum absolute atomic E-state index is 5.48. The SMILES string of the molecule is ClC(Cl)(Cl)CC=CCCBr. The molecule has 0 aliphatic carbocycles. The van der Waals surface area contributed by atoms with Crippen LogP contribution in [0.5, 0.6) is 0 Å². The van der Waals surface area contributed by atoms with E-state index in [4.69, 9.17) is 34.8 Å². The van der Waals surface area contributed by atoms with E-state index in [0.717, 1.165) is 11.8 Å². The zero-order valence-corrected chi connectivity index (χ0v) is 9.14. The van der Waals surface area contributed by atoms with E-state index in [9.17, 15) is 0 Å². The minimum absolute atomic E-state index is 0.477. The summed E-state index contributed by atoms with van der Waals surface area (Å²) < 4.78 is -1.14. The van der Waals surface area contributed by atoms with Crippen molar-refractivity contribution < 1.29 is 0 Å². The second-order valence-corrected chi connectivity index (χ2v) is 5.08. The number of alkyl halides is 4. The Kier molecular flexibility index (Phi) is 6.33. The Hall–Kier alpha value is 1.09. The molecule has 0 aromatic rings. The molecule has 0 saturated carbocycles. The van der Waals surface area contributed by atoms with Gasteiger partial charge in [-0.25, -0.2) is 0 Å². The van der Waals surface area contributed by atoms with Crippen LogP contribution in [0.3, 0.4) is 0 Å². The summed E-state index contributed by atoms with van der Waals surface area (Å²) in [5.41, 5.74) is 0. The van der Waals surface area contributed by atoms with Gasteiger partial charge in [0.1, 0.15) is 0 Å². The molecule has 0 spiro atoms. The molecule has 0 fully saturated rings. The van der Waals surface area contributed by atoms with Crippen molar-refractivity contribution in [1.82, 2.24) is 0 Å². The lowest BCUT2D eigenvalue weighted by Gasteiger charge is -2.04. The highest BCUT2D eigenvalue weighted by atomic mass is 79.9. The molecule has 0 aliphatic heterocycles. The van der Waals surface area contributed by atoms with Crippen LogP contribution in [-0.4, -0.2) is 9.12 Å². The Bertz CT molecular complexity index is 106. The van der Waals surface area contributed by atoms with Crippen molar-refractivity contribution in [1.29, 1.82) is 0 Å². The molecule has 10 heavy (non-hydrogen) atoms. The Morgan fingerprint density at radius 3 is 2.20 bits per heavy atom. The minimum Gasteiger partial charge on any atom is -0.0925 e. The predicted octanol–water partition coefficient (Wildman–Crippen LogP) is 4.09. The molecule has 0 radical (unpaired) electrons. The third-order valence-corrected chi connectivity index (χ3v) is 1.71. The number of rotatable bonds is 3. The third-order valence-electron chi connectivity index (χ3n) is 0.792. The molecule has 0 heterocycles. The largest absolute Gasteiger partial charge is 0.194 e. The molecule has 0 aromatic carbocycles.